The van der Waals surface area contributed by atoms with Gasteiger partial charge in [0.15, 0.2) is 0 Å². The van der Waals surface area contributed by atoms with Crippen LogP contribution < -0.4 is 5.73 Å². The first kappa shape index (κ1) is 16.8. The fraction of sp³-hybridized carbons (Fsp3) is 0.429. The number of aromatic nitrogens is 2. The van der Waals surface area contributed by atoms with Crippen molar-refractivity contribution in [3.05, 3.63) is 35.7 Å². The van der Waals surface area contributed by atoms with Crippen molar-refractivity contribution in [2.45, 2.75) is 37.4 Å². The molecule has 1 saturated carbocycles. The molecule has 0 bridgehead atoms. The van der Waals surface area contributed by atoms with E-state index < -0.39 is 17.3 Å². The topological polar surface area (TPSA) is 64.9 Å². The lowest BCUT2D eigenvalue weighted by atomic mass is 9.99. The molecule has 22 heavy (non-hydrogen) atoms. The second kappa shape index (κ2) is 5.89. The molecule has 2 aromatic rings. The molecule has 0 spiro atoms. The van der Waals surface area contributed by atoms with Gasteiger partial charge in [-0.15, -0.1) is 12.4 Å². The third-order valence-electron chi connectivity index (χ3n) is 3.80. The molecule has 1 aliphatic carbocycles. The van der Waals surface area contributed by atoms with Gasteiger partial charge in [0.1, 0.15) is 0 Å². The van der Waals surface area contributed by atoms with Crippen LogP contribution >= 0.6 is 12.4 Å². The normalized spacial score (nSPS) is 17.3. The van der Waals surface area contributed by atoms with Crippen LogP contribution in [0.5, 0.6) is 0 Å². The molecule has 2 N–H and O–H groups in total. The quantitative estimate of drug-likeness (QED) is 0.905. The Kier molecular flexibility index (Phi) is 4.49. The summed E-state index contributed by atoms with van der Waals surface area (Å²) < 4.78 is 43.3. The molecule has 1 aromatic carbocycles. The Morgan fingerprint density at radius 1 is 1.18 bits per heavy atom. The molecule has 4 nitrogen and oxygen atoms in total. The molecule has 8 heteroatoms. The van der Waals surface area contributed by atoms with Gasteiger partial charge < -0.3 is 10.3 Å². The van der Waals surface area contributed by atoms with E-state index in [2.05, 4.69) is 10.1 Å². The highest BCUT2D eigenvalue weighted by molar-refractivity contribution is 5.85. The molecule has 0 unspecified atom stereocenters. The summed E-state index contributed by atoms with van der Waals surface area (Å²) in [5.41, 5.74) is 5.07. The van der Waals surface area contributed by atoms with Crippen LogP contribution in [-0.2, 0) is 11.7 Å². The lowest BCUT2D eigenvalue weighted by molar-refractivity contribution is -0.137. The number of rotatable bonds is 2. The van der Waals surface area contributed by atoms with Gasteiger partial charge in [-0.05, 0) is 25.0 Å². The van der Waals surface area contributed by atoms with Gasteiger partial charge >= 0.3 is 6.18 Å². The molecule has 0 radical (unpaired) electrons. The Labute approximate surface area is 131 Å². The Bertz CT molecular complexity index is 651. The van der Waals surface area contributed by atoms with Gasteiger partial charge in [-0.3, -0.25) is 0 Å². The van der Waals surface area contributed by atoms with E-state index in [1.807, 2.05) is 0 Å². The zero-order valence-electron chi connectivity index (χ0n) is 11.6. The summed E-state index contributed by atoms with van der Waals surface area (Å²) in [5, 5.41) is 3.77. The molecule has 1 aromatic heterocycles. The van der Waals surface area contributed by atoms with Crippen molar-refractivity contribution in [3.8, 4) is 11.4 Å². The minimum atomic E-state index is -4.40. The van der Waals surface area contributed by atoms with Crippen molar-refractivity contribution in [3.63, 3.8) is 0 Å². The standard InChI is InChI=1S/C14H14F3N3O.ClH/c15-14(16,17)10-5-3-4-9(8-10)11-19-12(21-20-11)13(18)6-1-2-7-13;/h3-5,8H,1-2,6-7,18H2;1H. The van der Waals surface area contributed by atoms with Crippen LogP contribution in [0.4, 0.5) is 13.2 Å². The second-order valence-electron chi connectivity index (χ2n) is 5.36. The van der Waals surface area contributed by atoms with E-state index in [1.54, 1.807) is 0 Å². The van der Waals surface area contributed by atoms with E-state index in [4.69, 9.17) is 10.3 Å². The van der Waals surface area contributed by atoms with Gasteiger partial charge in [0, 0.05) is 5.56 Å². The average Bonchev–Trinajstić information content (AvgIpc) is 3.07. The molecule has 0 amide bonds. The highest BCUT2D eigenvalue weighted by Gasteiger charge is 2.37. The zero-order valence-corrected chi connectivity index (χ0v) is 12.4. The number of hydrogen-bond acceptors (Lipinski definition) is 4. The Morgan fingerprint density at radius 2 is 1.86 bits per heavy atom. The van der Waals surface area contributed by atoms with E-state index in [0.29, 0.717) is 5.89 Å². The second-order valence-corrected chi connectivity index (χ2v) is 5.36. The Balaban J connectivity index is 0.00000176. The van der Waals surface area contributed by atoms with Crippen LogP contribution in [0.25, 0.3) is 11.4 Å². The summed E-state index contributed by atoms with van der Waals surface area (Å²) in [4.78, 5) is 4.19. The maximum atomic E-state index is 12.7. The maximum Gasteiger partial charge on any atom is 0.416 e. The first-order valence-corrected chi connectivity index (χ1v) is 6.69. The fourth-order valence-corrected chi connectivity index (χ4v) is 2.60. The number of benzene rings is 1. The van der Waals surface area contributed by atoms with E-state index in [9.17, 15) is 13.2 Å². The summed E-state index contributed by atoms with van der Waals surface area (Å²) in [6.45, 7) is 0. The minimum Gasteiger partial charge on any atom is -0.337 e. The number of nitrogens with two attached hydrogens (primary N) is 1. The van der Waals surface area contributed by atoms with Crippen LogP contribution in [0, 0.1) is 0 Å². The molecule has 0 atom stereocenters. The number of alkyl halides is 3. The molecular weight excluding hydrogens is 319 g/mol. The summed E-state index contributed by atoms with van der Waals surface area (Å²) in [5.74, 6) is 0.431. The van der Waals surface area contributed by atoms with Crippen LogP contribution in [0.1, 0.15) is 37.1 Å². The van der Waals surface area contributed by atoms with Crippen LogP contribution in [0.15, 0.2) is 28.8 Å². The van der Waals surface area contributed by atoms with E-state index >= 15 is 0 Å². The highest BCUT2D eigenvalue weighted by Crippen LogP contribution is 2.36. The molecule has 1 fully saturated rings. The van der Waals surface area contributed by atoms with E-state index in [-0.39, 0.29) is 23.8 Å². The Morgan fingerprint density at radius 3 is 2.50 bits per heavy atom. The van der Waals surface area contributed by atoms with Crippen molar-refractivity contribution >= 4 is 12.4 Å². The largest absolute Gasteiger partial charge is 0.416 e. The van der Waals surface area contributed by atoms with Gasteiger partial charge in [0.2, 0.25) is 11.7 Å². The molecule has 0 saturated heterocycles. The van der Waals surface area contributed by atoms with Crippen molar-refractivity contribution in [2.24, 2.45) is 5.73 Å². The molecule has 120 valence electrons. The minimum absolute atomic E-state index is 0. The number of halogens is 4. The lowest BCUT2D eigenvalue weighted by Gasteiger charge is -2.17. The van der Waals surface area contributed by atoms with Gasteiger partial charge in [0.05, 0.1) is 11.1 Å². The summed E-state index contributed by atoms with van der Waals surface area (Å²) >= 11 is 0. The van der Waals surface area contributed by atoms with Crippen molar-refractivity contribution in [2.75, 3.05) is 0 Å². The number of nitrogens with zero attached hydrogens (tertiary/aromatic N) is 2. The van der Waals surface area contributed by atoms with Crippen molar-refractivity contribution < 1.29 is 17.7 Å². The van der Waals surface area contributed by atoms with Gasteiger partial charge in [-0.2, -0.15) is 18.2 Å². The predicted octanol–water partition coefficient (Wildman–Crippen LogP) is 3.91. The van der Waals surface area contributed by atoms with Crippen LogP contribution in [0.2, 0.25) is 0 Å². The first-order chi connectivity index (χ1) is 9.88. The summed E-state index contributed by atoms with van der Waals surface area (Å²) in [7, 11) is 0. The fourth-order valence-electron chi connectivity index (χ4n) is 2.60. The SMILES string of the molecule is Cl.NC1(c2nc(-c3cccc(C(F)(F)F)c3)no2)CCCC1. The van der Waals surface area contributed by atoms with Crippen LogP contribution in [-0.4, -0.2) is 10.1 Å². The van der Waals surface area contributed by atoms with E-state index in [1.165, 1.54) is 12.1 Å². The average molecular weight is 334 g/mol. The molecule has 3 rings (SSSR count). The third kappa shape index (κ3) is 3.10. The van der Waals surface area contributed by atoms with Gasteiger partial charge in [0.25, 0.3) is 0 Å². The van der Waals surface area contributed by atoms with Crippen molar-refractivity contribution in [1.82, 2.24) is 10.1 Å². The van der Waals surface area contributed by atoms with Gasteiger partial charge in [-0.25, -0.2) is 0 Å². The highest BCUT2D eigenvalue weighted by atomic mass is 35.5. The third-order valence-corrected chi connectivity index (χ3v) is 3.80. The molecular formula is C14H15ClF3N3O. The smallest absolute Gasteiger partial charge is 0.337 e. The Hall–Kier alpha value is -1.60. The lowest BCUT2D eigenvalue weighted by Crippen LogP contribution is -2.33. The number of hydrogen-bond donors (Lipinski definition) is 1. The van der Waals surface area contributed by atoms with Gasteiger partial charge in [-0.1, -0.05) is 30.1 Å². The van der Waals surface area contributed by atoms with Crippen LogP contribution in [0.3, 0.4) is 0 Å². The molecule has 0 aliphatic heterocycles. The summed E-state index contributed by atoms with van der Waals surface area (Å²) in [6, 6.07) is 4.85. The van der Waals surface area contributed by atoms with E-state index in [0.717, 1.165) is 37.8 Å². The monoisotopic (exact) mass is 333 g/mol. The molecule has 1 aliphatic rings. The first-order valence-electron chi connectivity index (χ1n) is 6.69. The maximum absolute atomic E-state index is 12.7. The zero-order chi connectivity index (χ0) is 15.1. The van der Waals surface area contributed by atoms with Crippen molar-refractivity contribution in [1.29, 1.82) is 0 Å². The summed E-state index contributed by atoms with van der Waals surface area (Å²) in [6.07, 6.45) is -0.937. The predicted molar refractivity (Wildman–Crippen MR) is 76.3 cm³/mol. The molecule has 1 heterocycles.